The van der Waals surface area contributed by atoms with Gasteiger partial charge in [-0.25, -0.2) is 18.4 Å². The summed E-state index contributed by atoms with van der Waals surface area (Å²) in [4.78, 5) is 22.4. The first kappa shape index (κ1) is 25.1. The van der Waals surface area contributed by atoms with Crippen molar-refractivity contribution in [3.63, 3.8) is 0 Å². The van der Waals surface area contributed by atoms with E-state index in [0.29, 0.717) is 36.3 Å². The van der Waals surface area contributed by atoms with E-state index in [4.69, 9.17) is 14.6 Å². The van der Waals surface area contributed by atoms with Gasteiger partial charge in [-0.2, -0.15) is 0 Å². The summed E-state index contributed by atoms with van der Waals surface area (Å²) in [6.07, 6.45) is 8.69. The first-order valence-corrected chi connectivity index (χ1v) is 14.3. The van der Waals surface area contributed by atoms with Gasteiger partial charge in [0, 0.05) is 13.2 Å². The van der Waals surface area contributed by atoms with Crippen molar-refractivity contribution in [3.05, 3.63) is 41.7 Å². The Labute approximate surface area is 211 Å². The van der Waals surface area contributed by atoms with Crippen molar-refractivity contribution in [1.29, 1.82) is 0 Å². The van der Waals surface area contributed by atoms with Crippen LogP contribution in [0.15, 0.2) is 35.5 Å². The second-order valence-corrected chi connectivity index (χ2v) is 12.2. The zero-order chi connectivity index (χ0) is 25.1. The van der Waals surface area contributed by atoms with E-state index >= 15 is 0 Å². The number of aliphatic hydroxyl groups is 1. The molecule has 1 aromatic carbocycles. The first-order valence-electron chi connectivity index (χ1n) is 12.8. The summed E-state index contributed by atoms with van der Waals surface area (Å²) in [5, 5.41) is 11.5. The number of ether oxygens (including phenoxy) is 2. The lowest BCUT2D eigenvalue weighted by Crippen LogP contribution is -2.26. The van der Waals surface area contributed by atoms with E-state index in [1.54, 1.807) is 6.07 Å². The lowest BCUT2D eigenvalue weighted by molar-refractivity contribution is -0.118. The van der Waals surface area contributed by atoms with Crippen LogP contribution in [0.2, 0.25) is 0 Å². The molecule has 0 unspecified atom stereocenters. The summed E-state index contributed by atoms with van der Waals surface area (Å²) in [6, 6.07) is 5.52. The predicted molar refractivity (Wildman–Crippen MR) is 133 cm³/mol. The van der Waals surface area contributed by atoms with Gasteiger partial charge in [-0.15, -0.1) is 0 Å². The maximum atomic E-state index is 13.5. The fourth-order valence-electron chi connectivity index (χ4n) is 4.84. The molecule has 0 spiro atoms. The highest BCUT2D eigenvalue weighted by atomic mass is 32.2. The Morgan fingerprint density at radius 3 is 2.53 bits per heavy atom. The second kappa shape index (κ2) is 10.8. The molecule has 2 aliphatic carbocycles. The van der Waals surface area contributed by atoms with Gasteiger partial charge in [0.2, 0.25) is 11.8 Å². The van der Waals surface area contributed by atoms with Crippen molar-refractivity contribution in [2.45, 2.75) is 66.9 Å². The number of carbonyl (C=O) groups is 1. The van der Waals surface area contributed by atoms with E-state index in [-0.39, 0.29) is 36.2 Å². The number of nitrogens with one attached hydrogen (secondary N) is 1. The number of anilines is 1. The number of aromatic nitrogens is 2. The maximum Gasteiger partial charge on any atom is 0.233 e. The average Bonchev–Trinajstić information content (AvgIpc) is 3.79. The lowest BCUT2D eigenvalue weighted by Gasteiger charge is -2.27. The molecular formula is C26H33N3O6S. The molecular weight excluding hydrogens is 482 g/mol. The summed E-state index contributed by atoms with van der Waals surface area (Å²) in [7, 11) is -3.31. The molecule has 2 saturated carbocycles. The maximum absolute atomic E-state index is 13.5. The van der Waals surface area contributed by atoms with Crippen molar-refractivity contribution < 1.29 is 27.8 Å². The smallest absolute Gasteiger partial charge is 0.233 e. The fourth-order valence-corrected chi connectivity index (χ4v) is 6.77. The van der Waals surface area contributed by atoms with Crippen molar-refractivity contribution in [2.24, 2.45) is 5.92 Å². The highest BCUT2D eigenvalue weighted by Crippen LogP contribution is 2.46. The van der Waals surface area contributed by atoms with Gasteiger partial charge in [0.25, 0.3) is 0 Å². The van der Waals surface area contributed by atoms with Crippen molar-refractivity contribution >= 4 is 21.6 Å². The molecule has 1 atom stereocenters. The van der Waals surface area contributed by atoms with Gasteiger partial charge in [0.05, 0.1) is 35.1 Å². The highest BCUT2D eigenvalue weighted by Gasteiger charge is 2.41. The van der Waals surface area contributed by atoms with Gasteiger partial charge in [-0.1, -0.05) is 12.1 Å². The Morgan fingerprint density at radius 2 is 1.89 bits per heavy atom. The first-order chi connectivity index (χ1) is 17.5. The predicted octanol–water partition coefficient (Wildman–Crippen LogP) is 3.20. The molecule has 3 aliphatic rings. The monoisotopic (exact) mass is 515 g/mol. The quantitative estimate of drug-likeness (QED) is 0.467. The average molecular weight is 516 g/mol. The number of rotatable bonds is 11. The van der Waals surface area contributed by atoms with Crippen LogP contribution in [0, 0.1) is 5.92 Å². The molecule has 0 radical (unpaired) electrons. The minimum Gasteiger partial charge on any atom is -0.474 e. The number of aliphatic hydroxyl groups excluding tert-OH is 1. The van der Waals surface area contributed by atoms with E-state index < -0.39 is 15.8 Å². The molecule has 0 bridgehead atoms. The van der Waals surface area contributed by atoms with Crippen LogP contribution in [0.5, 0.6) is 5.88 Å². The third-order valence-electron chi connectivity index (χ3n) is 7.17. The van der Waals surface area contributed by atoms with E-state index in [9.17, 15) is 13.2 Å². The van der Waals surface area contributed by atoms with Crippen LogP contribution in [-0.2, 0) is 19.4 Å². The zero-order valence-corrected chi connectivity index (χ0v) is 21.1. The van der Waals surface area contributed by atoms with Crippen molar-refractivity contribution in [1.82, 2.24) is 9.97 Å². The van der Waals surface area contributed by atoms with Gasteiger partial charge in [-0.05, 0) is 74.0 Å². The number of hydrogen-bond acceptors (Lipinski definition) is 8. The molecule has 9 nitrogen and oxygen atoms in total. The van der Waals surface area contributed by atoms with Crippen LogP contribution < -0.4 is 10.1 Å². The Bertz CT molecular complexity index is 1170. The number of hydrogen-bond donors (Lipinski definition) is 2. The van der Waals surface area contributed by atoms with Crippen LogP contribution in [0.25, 0.3) is 0 Å². The Balaban J connectivity index is 1.40. The Morgan fingerprint density at radius 1 is 1.11 bits per heavy atom. The number of nitrogens with zero attached hydrogens (tertiary/aromatic N) is 2. The second-order valence-electron chi connectivity index (χ2n) is 9.96. The van der Waals surface area contributed by atoms with Crippen LogP contribution in [0.3, 0.4) is 0 Å². The fraction of sp³-hybridized carbons (Fsp3) is 0.577. The van der Waals surface area contributed by atoms with E-state index in [1.165, 1.54) is 12.4 Å². The lowest BCUT2D eigenvalue weighted by atomic mass is 9.83. The summed E-state index contributed by atoms with van der Waals surface area (Å²) >= 11 is 0. The molecule has 2 aromatic rings. The third-order valence-corrected chi connectivity index (χ3v) is 9.50. The van der Waals surface area contributed by atoms with Crippen LogP contribution in [-0.4, -0.2) is 61.1 Å². The van der Waals surface area contributed by atoms with Crippen molar-refractivity contribution in [3.8, 4) is 5.88 Å². The van der Waals surface area contributed by atoms with Gasteiger partial charge in [-0.3, -0.25) is 4.79 Å². The number of amides is 1. The van der Waals surface area contributed by atoms with Crippen LogP contribution in [0.1, 0.15) is 67.9 Å². The largest absolute Gasteiger partial charge is 0.474 e. The van der Waals surface area contributed by atoms with Crippen molar-refractivity contribution in [2.75, 3.05) is 31.7 Å². The molecule has 194 valence electrons. The minimum atomic E-state index is -3.31. The van der Waals surface area contributed by atoms with Crippen LogP contribution in [0.4, 0.5) is 5.82 Å². The van der Waals surface area contributed by atoms with Crippen LogP contribution >= 0.6 is 0 Å². The molecule has 36 heavy (non-hydrogen) atoms. The third kappa shape index (κ3) is 5.87. The SMILES string of the molecule is O=C(Nc1cnc(OCCO)cn1)[C@H](CC1CCOCC1)c1ccc(S(=O)(=O)C2CC2)c(C2CC2)c1. The van der Waals surface area contributed by atoms with E-state index in [1.807, 2.05) is 12.1 Å². The molecule has 1 saturated heterocycles. The van der Waals surface area contributed by atoms with Gasteiger partial charge in [0.1, 0.15) is 6.61 Å². The molecule has 1 aromatic heterocycles. The highest BCUT2D eigenvalue weighted by molar-refractivity contribution is 7.92. The topological polar surface area (TPSA) is 128 Å². The molecule has 10 heteroatoms. The summed E-state index contributed by atoms with van der Waals surface area (Å²) in [5.41, 5.74) is 1.71. The minimum absolute atomic E-state index is 0.114. The molecule has 5 rings (SSSR count). The summed E-state index contributed by atoms with van der Waals surface area (Å²) in [5.74, 6) is 0.521. The molecule has 2 N–H and O–H groups in total. The number of benzene rings is 1. The molecule has 1 aliphatic heterocycles. The van der Waals surface area contributed by atoms with E-state index in [0.717, 1.165) is 49.7 Å². The van der Waals surface area contributed by atoms with Gasteiger partial charge in [0.15, 0.2) is 15.7 Å². The Hall–Kier alpha value is -2.56. The normalized spacial score (nSPS) is 19.6. The van der Waals surface area contributed by atoms with Gasteiger partial charge < -0.3 is 19.9 Å². The molecule has 3 fully saturated rings. The molecule has 2 heterocycles. The summed E-state index contributed by atoms with van der Waals surface area (Å²) in [6.45, 7) is 1.36. The summed E-state index contributed by atoms with van der Waals surface area (Å²) < 4.78 is 36.9. The molecule has 1 amide bonds. The zero-order valence-electron chi connectivity index (χ0n) is 20.3. The standard InChI is InChI=1S/C26H33N3O6S/c30-9-12-35-25-16-27-24(15-28-25)29-26(31)22(13-17-7-10-34-11-8-17)19-3-6-23(21(14-19)18-1-2-18)36(32,33)20-4-5-20/h3,6,14-18,20,22,30H,1-2,4-5,7-13H2,(H,27,29,31)/t22-/m1/s1. The number of carbonyl (C=O) groups excluding carboxylic acids is 1. The van der Waals surface area contributed by atoms with E-state index in [2.05, 4.69) is 15.3 Å². The van der Waals surface area contributed by atoms with Gasteiger partial charge >= 0.3 is 0 Å². The Kier molecular flexibility index (Phi) is 7.55. The number of sulfone groups is 1.